The number of carbonyl (C=O) groups is 2. The molecule has 0 bridgehead atoms. The number of para-hydroxylation sites is 1. The lowest BCUT2D eigenvalue weighted by atomic mass is 10.1. The normalized spacial score (nSPS) is 10.6. The van der Waals surface area contributed by atoms with E-state index < -0.39 is 0 Å². The number of nitrogens with zero attached hydrogens (tertiary/aromatic N) is 1. The van der Waals surface area contributed by atoms with Gasteiger partial charge in [-0.05, 0) is 36.8 Å². The van der Waals surface area contributed by atoms with Crippen LogP contribution in [-0.2, 0) is 11.3 Å². The molecular weight excluding hydrogens is 328 g/mol. The van der Waals surface area contributed by atoms with E-state index in [4.69, 9.17) is 4.74 Å². The molecule has 0 spiro atoms. The third-order valence-electron chi connectivity index (χ3n) is 3.86. The predicted octanol–water partition coefficient (Wildman–Crippen LogP) is 3.12. The minimum Gasteiger partial charge on any atom is -0.493 e. The summed E-state index contributed by atoms with van der Waals surface area (Å²) in [5, 5.41) is 2.58. The highest BCUT2D eigenvalue weighted by molar-refractivity contribution is 5.94. The van der Waals surface area contributed by atoms with Crippen molar-refractivity contribution in [1.29, 1.82) is 0 Å². The van der Waals surface area contributed by atoms with Gasteiger partial charge in [-0.3, -0.25) is 9.59 Å². The van der Waals surface area contributed by atoms with Gasteiger partial charge in [0.1, 0.15) is 5.75 Å². The molecule has 0 aliphatic carbocycles. The average molecular weight is 352 g/mol. The highest BCUT2D eigenvalue weighted by atomic mass is 16.5. The van der Waals surface area contributed by atoms with E-state index in [0.717, 1.165) is 16.9 Å². The molecule has 2 aromatic carbocycles. The second-order valence-corrected chi connectivity index (χ2v) is 5.77. The lowest BCUT2D eigenvalue weighted by molar-refractivity contribution is -0.125. The van der Waals surface area contributed by atoms with E-state index in [1.54, 1.807) is 37.2 Å². The first-order valence-corrected chi connectivity index (χ1v) is 8.51. The van der Waals surface area contributed by atoms with Crippen LogP contribution in [-0.4, -0.2) is 37.4 Å². The largest absolute Gasteiger partial charge is 0.493 e. The number of hydrogen-bond acceptors (Lipinski definition) is 3. The summed E-state index contributed by atoms with van der Waals surface area (Å²) in [4.78, 5) is 25.5. The number of amides is 2. The molecule has 0 atom stereocenters. The fraction of sp³-hybridized carbons (Fsp3) is 0.238. The first-order chi connectivity index (χ1) is 12.5. The second kappa shape index (κ2) is 9.42. The van der Waals surface area contributed by atoms with Crippen molar-refractivity contribution in [2.45, 2.75) is 13.5 Å². The van der Waals surface area contributed by atoms with Gasteiger partial charge in [0.05, 0.1) is 6.61 Å². The maximum absolute atomic E-state index is 12.3. The van der Waals surface area contributed by atoms with Crippen LogP contribution in [0.4, 0.5) is 0 Å². The van der Waals surface area contributed by atoms with Crippen molar-refractivity contribution in [1.82, 2.24) is 10.2 Å². The minimum absolute atomic E-state index is 0.105. The molecule has 5 heteroatoms. The molecule has 2 amide bonds. The average Bonchev–Trinajstić information content (AvgIpc) is 2.67. The molecule has 136 valence electrons. The number of carbonyl (C=O) groups excluding carboxylic acids is 2. The van der Waals surface area contributed by atoms with Gasteiger partial charge in [0.25, 0.3) is 5.91 Å². The van der Waals surface area contributed by atoms with Crippen molar-refractivity contribution in [3.8, 4) is 5.75 Å². The monoisotopic (exact) mass is 352 g/mol. The Morgan fingerprint density at radius 2 is 1.81 bits per heavy atom. The molecular formula is C21H24N2O3. The molecule has 0 aliphatic heterocycles. The highest BCUT2D eigenvalue weighted by Gasteiger charge is 2.08. The van der Waals surface area contributed by atoms with Gasteiger partial charge in [0, 0.05) is 37.8 Å². The van der Waals surface area contributed by atoms with E-state index >= 15 is 0 Å². The molecule has 5 nitrogen and oxygen atoms in total. The third kappa shape index (κ3) is 5.21. The molecule has 0 aliphatic rings. The van der Waals surface area contributed by atoms with Gasteiger partial charge in [-0.1, -0.05) is 30.3 Å². The van der Waals surface area contributed by atoms with E-state index in [2.05, 4.69) is 5.32 Å². The molecule has 1 N–H and O–H groups in total. The Morgan fingerprint density at radius 3 is 2.46 bits per heavy atom. The van der Waals surface area contributed by atoms with Gasteiger partial charge in [-0.15, -0.1) is 0 Å². The van der Waals surface area contributed by atoms with Crippen LogP contribution in [0.1, 0.15) is 28.4 Å². The zero-order valence-electron chi connectivity index (χ0n) is 15.4. The van der Waals surface area contributed by atoms with Crippen LogP contribution >= 0.6 is 0 Å². The van der Waals surface area contributed by atoms with E-state index in [1.807, 2.05) is 43.3 Å². The van der Waals surface area contributed by atoms with Crippen molar-refractivity contribution < 1.29 is 14.3 Å². The topological polar surface area (TPSA) is 58.6 Å². The van der Waals surface area contributed by atoms with Crippen LogP contribution < -0.4 is 10.1 Å². The standard InChI is InChI=1S/C21H24N2O3/c1-4-26-19-8-6-5-7-17(19)13-14-20(24)23(3)15-16-9-11-18(12-10-16)21(25)22-2/h5-14H,4,15H2,1-3H3,(H,22,25)/b14-13+. The number of ether oxygens (including phenoxy) is 1. The maximum atomic E-state index is 12.3. The summed E-state index contributed by atoms with van der Waals surface area (Å²) in [6, 6.07) is 14.8. The van der Waals surface area contributed by atoms with Gasteiger partial charge in [-0.25, -0.2) is 0 Å². The summed E-state index contributed by atoms with van der Waals surface area (Å²) in [6.07, 6.45) is 3.30. The van der Waals surface area contributed by atoms with Gasteiger partial charge in [0.2, 0.25) is 5.91 Å². The smallest absolute Gasteiger partial charge is 0.251 e. The lowest BCUT2D eigenvalue weighted by Gasteiger charge is -2.15. The van der Waals surface area contributed by atoms with Crippen LogP contribution in [0.2, 0.25) is 0 Å². The molecule has 2 aromatic rings. The first kappa shape index (κ1) is 19.2. The number of likely N-dealkylation sites (N-methyl/N-ethyl adjacent to an activating group) is 1. The number of benzene rings is 2. The Bertz CT molecular complexity index is 782. The molecule has 0 saturated carbocycles. The maximum Gasteiger partial charge on any atom is 0.251 e. The minimum atomic E-state index is -0.128. The fourth-order valence-electron chi connectivity index (χ4n) is 2.45. The van der Waals surface area contributed by atoms with Crippen molar-refractivity contribution in [2.24, 2.45) is 0 Å². The van der Waals surface area contributed by atoms with Crippen molar-refractivity contribution in [3.63, 3.8) is 0 Å². The molecule has 0 radical (unpaired) electrons. The quantitative estimate of drug-likeness (QED) is 0.779. The lowest BCUT2D eigenvalue weighted by Crippen LogP contribution is -2.24. The summed E-state index contributed by atoms with van der Waals surface area (Å²) < 4.78 is 5.56. The predicted molar refractivity (Wildman–Crippen MR) is 103 cm³/mol. The summed E-state index contributed by atoms with van der Waals surface area (Å²) in [5.41, 5.74) is 2.42. The van der Waals surface area contributed by atoms with Gasteiger partial charge in [-0.2, -0.15) is 0 Å². The Labute approximate surface area is 154 Å². The Balaban J connectivity index is 2.00. The summed E-state index contributed by atoms with van der Waals surface area (Å²) in [6.45, 7) is 2.96. The molecule has 0 heterocycles. The number of hydrogen-bond donors (Lipinski definition) is 1. The summed E-state index contributed by atoms with van der Waals surface area (Å²) in [5.74, 6) is 0.523. The second-order valence-electron chi connectivity index (χ2n) is 5.77. The van der Waals surface area contributed by atoms with Crippen LogP contribution in [0.3, 0.4) is 0 Å². The van der Waals surface area contributed by atoms with Crippen molar-refractivity contribution >= 4 is 17.9 Å². The van der Waals surface area contributed by atoms with E-state index in [1.165, 1.54) is 6.08 Å². The molecule has 0 fully saturated rings. The van der Waals surface area contributed by atoms with Crippen LogP contribution in [0, 0.1) is 0 Å². The zero-order chi connectivity index (χ0) is 18.9. The van der Waals surface area contributed by atoms with E-state index in [9.17, 15) is 9.59 Å². The first-order valence-electron chi connectivity index (χ1n) is 8.51. The Kier molecular flexibility index (Phi) is 6.97. The van der Waals surface area contributed by atoms with Gasteiger partial charge >= 0.3 is 0 Å². The molecule has 0 saturated heterocycles. The van der Waals surface area contributed by atoms with Gasteiger partial charge < -0.3 is 15.0 Å². The Morgan fingerprint density at radius 1 is 1.12 bits per heavy atom. The molecule has 26 heavy (non-hydrogen) atoms. The molecule has 2 rings (SSSR count). The summed E-state index contributed by atoms with van der Waals surface area (Å²) >= 11 is 0. The molecule has 0 unspecified atom stereocenters. The van der Waals surface area contributed by atoms with Crippen LogP contribution in [0.25, 0.3) is 6.08 Å². The third-order valence-corrected chi connectivity index (χ3v) is 3.86. The number of nitrogens with one attached hydrogen (secondary N) is 1. The van der Waals surface area contributed by atoms with Crippen LogP contribution in [0.15, 0.2) is 54.6 Å². The zero-order valence-corrected chi connectivity index (χ0v) is 15.4. The van der Waals surface area contributed by atoms with Crippen LogP contribution in [0.5, 0.6) is 5.75 Å². The summed E-state index contributed by atoms with van der Waals surface area (Å²) in [7, 11) is 3.34. The van der Waals surface area contributed by atoms with Crippen molar-refractivity contribution in [3.05, 3.63) is 71.3 Å². The highest BCUT2D eigenvalue weighted by Crippen LogP contribution is 2.19. The van der Waals surface area contributed by atoms with E-state index in [0.29, 0.717) is 18.7 Å². The Hall–Kier alpha value is -3.08. The van der Waals surface area contributed by atoms with E-state index in [-0.39, 0.29) is 11.8 Å². The number of rotatable bonds is 7. The fourth-order valence-corrected chi connectivity index (χ4v) is 2.45. The van der Waals surface area contributed by atoms with Crippen molar-refractivity contribution in [2.75, 3.05) is 20.7 Å². The SMILES string of the molecule is CCOc1ccccc1/C=C/C(=O)N(C)Cc1ccc(C(=O)NC)cc1. The molecule has 0 aromatic heterocycles. The van der Waals surface area contributed by atoms with Gasteiger partial charge in [0.15, 0.2) is 0 Å².